The van der Waals surface area contributed by atoms with E-state index >= 15 is 0 Å². The van der Waals surface area contributed by atoms with Crippen LogP contribution in [0.4, 0.5) is 4.79 Å². The molecule has 3 N–H and O–H groups in total. The fraction of sp³-hybridized carbons (Fsp3) is 0.250. The predicted octanol–water partition coefficient (Wildman–Crippen LogP) is 2.83. The van der Waals surface area contributed by atoms with Crippen LogP contribution >= 0.6 is 11.3 Å². The summed E-state index contributed by atoms with van der Waals surface area (Å²) >= 11 is 1.75. The first-order valence-corrected chi connectivity index (χ1v) is 7.89. The predicted molar refractivity (Wildman–Crippen MR) is 85.7 cm³/mol. The molecule has 0 fully saturated rings. The third kappa shape index (κ3) is 3.35. The molecule has 2 aromatic heterocycles. The van der Waals surface area contributed by atoms with Gasteiger partial charge in [-0.1, -0.05) is 6.07 Å². The van der Waals surface area contributed by atoms with Crippen molar-refractivity contribution in [3.05, 3.63) is 57.0 Å². The number of thiophene rings is 1. The molecule has 0 radical (unpaired) electrons. The molecule has 1 aliphatic carbocycles. The number of urea groups is 1. The van der Waals surface area contributed by atoms with Crippen LogP contribution in [0.5, 0.6) is 0 Å². The number of amides is 2. The highest BCUT2D eigenvalue weighted by atomic mass is 32.1. The number of fused-ring (bicyclic) bond motifs is 1. The van der Waals surface area contributed by atoms with Crippen molar-refractivity contribution >= 4 is 23.4 Å². The lowest BCUT2D eigenvalue weighted by Gasteiger charge is -2.17. The molecule has 114 valence electrons. The van der Waals surface area contributed by atoms with Crippen LogP contribution in [-0.4, -0.2) is 27.8 Å². The van der Waals surface area contributed by atoms with Crippen LogP contribution in [0.1, 0.15) is 27.3 Å². The standard InChI is InChI=1S/C16H17N3O2S/c17-16(20)19(21)10-12-3-4-13-8-14(22-15(13)7-12)6-11-2-1-5-18-9-11/h1-2,5,7-9,21H,3-4,6,10H2,(H2,17,20). The minimum Gasteiger partial charge on any atom is -0.350 e. The molecule has 0 spiro atoms. The number of carbonyl (C=O) groups excluding carboxylic acids is 1. The lowest BCUT2D eigenvalue weighted by molar-refractivity contribution is -0.0313. The van der Waals surface area contributed by atoms with Crippen LogP contribution in [0, 0.1) is 0 Å². The molecule has 3 rings (SSSR count). The molecule has 2 amide bonds. The third-order valence-electron chi connectivity index (χ3n) is 3.65. The smallest absolute Gasteiger partial charge is 0.338 e. The quantitative estimate of drug-likeness (QED) is 0.672. The molecular formula is C16H17N3O2S. The largest absolute Gasteiger partial charge is 0.350 e. The lowest BCUT2D eigenvalue weighted by Crippen LogP contribution is -2.34. The summed E-state index contributed by atoms with van der Waals surface area (Å²) in [7, 11) is 0. The second kappa shape index (κ2) is 6.29. The monoisotopic (exact) mass is 315 g/mol. The van der Waals surface area contributed by atoms with Gasteiger partial charge < -0.3 is 5.73 Å². The van der Waals surface area contributed by atoms with Gasteiger partial charge in [-0.25, -0.2) is 9.86 Å². The first-order chi connectivity index (χ1) is 10.6. The molecule has 0 saturated carbocycles. The molecule has 0 aliphatic heterocycles. The molecule has 22 heavy (non-hydrogen) atoms. The summed E-state index contributed by atoms with van der Waals surface area (Å²) in [5.74, 6) is 0. The van der Waals surface area contributed by atoms with Gasteiger partial charge in [0.2, 0.25) is 0 Å². The van der Waals surface area contributed by atoms with Crippen LogP contribution < -0.4 is 5.73 Å². The van der Waals surface area contributed by atoms with Gasteiger partial charge in [-0.2, -0.15) is 0 Å². The minimum atomic E-state index is -0.824. The maximum atomic E-state index is 10.9. The van der Waals surface area contributed by atoms with Gasteiger partial charge in [-0.3, -0.25) is 10.2 Å². The van der Waals surface area contributed by atoms with Crippen molar-refractivity contribution in [2.75, 3.05) is 6.54 Å². The molecule has 0 saturated heterocycles. The van der Waals surface area contributed by atoms with E-state index in [1.54, 1.807) is 17.5 Å². The van der Waals surface area contributed by atoms with Gasteiger partial charge in [0.1, 0.15) is 0 Å². The summed E-state index contributed by atoms with van der Waals surface area (Å²) in [6.07, 6.45) is 8.36. The highest BCUT2D eigenvalue weighted by molar-refractivity contribution is 7.13. The number of hydrogen-bond donors (Lipinski definition) is 2. The number of nitrogens with zero attached hydrogens (tertiary/aromatic N) is 2. The normalized spacial score (nSPS) is 13.4. The average molecular weight is 315 g/mol. The van der Waals surface area contributed by atoms with E-state index < -0.39 is 6.03 Å². The van der Waals surface area contributed by atoms with Crippen molar-refractivity contribution in [1.82, 2.24) is 10.0 Å². The fourth-order valence-electron chi connectivity index (χ4n) is 2.56. The SMILES string of the molecule is NC(=O)N(O)CC1=Cc2sc(Cc3cccnc3)cc2CC1. The van der Waals surface area contributed by atoms with Gasteiger partial charge in [0.25, 0.3) is 0 Å². The summed E-state index contributed by atoms with van der Waals surface area (Å²) in [5, 5.41) is 10.00. The molecule has 0 bridgehead atoms. The van der Waals surface area contributed by atoms with Crippen molar-refractivity contribution < 1.29 is 10.0 Å². The van der Waals surface area contributed by atoms with E-state index in [0.29, 0.717) is 5.06 Å². The van der Waals surface area contributed by atoms with Gasteiger partial charge in [-0.05, 0) is 47.8 Å². The summed E-state index contributed by atoms with van der Waals surface area (Å²) in [6, 6.07) is 5.44. The zero-order chi connectivity index (χ0) is 15.5. The molecular weight excluding hydrogens is 298 g/mol. The Labute approximate surface area is 132 Å². The third-order valence-corrected chi connectivity index (χ3v) is 4.78. The summed E-state index contributed by atoms with van der Waals surface area (Å²) in [4.78, 5) is 17.5. The Morgan fingerprint density at radius 3 is 3.05 bits per heavy atom. The molecule has 5 nitrogen and oxygen atoms in total. The number of primary amides is 1. The van der Waals surface area contributed by atoms with E-state index in [2.05, 4.69) is 23.2 Å². The summed E-state index contributed by atoms with van der Waals surface area (Å²) in [6.45, 7) is 0.171. The van der Waals surface area contributed by atoms with Crippen molar-refractivity contribution in [1.29, 1.82) is 0 Å². The van der Waals surface area contributed by atoms with E-state index in [1.165, 1.54) is 20.9 Å². The number of hydrogen-bond acceptors (Lipinski definition) is 4. The number of pyridine rings is 1. The van der Waals surface area contributed by atoms with E-state index in [9.17, 15) is 10.0 Å². The number of aryl methyl sites for hydroxylation is 1. The van der Waals surface area contributed by atoms with Crippen molar-refractivity contribution in [3.63, 3.8) is 0 Å². The molecule has 2 heterocycles. The zero-order valence-electron chi connectivity index (χ0n) is 12.0. The van der Waals surface area contributed by atoms with E-state index in [-0.39, 0.29) is 6.54 Å². The highest BCUT2D eigenvalue weighted by Gasteiger charge is 2.17. The number of aromatic nitrogens is 1. The Morgan fingerprint density at radius 2 is 2.32 bits per heavy atom. The van der Waals surface area contributed by atoms with Crippen LogP contribution in [-0.2, 0) is 12.8 Å². The number of rotatable bonds is 4. The molecule has 0 atom stereocenters. The summed E-state index contributed by atoms with van der Waals surface area (Å²) < 4.78 is 0. The van der Waals surface area contributed by atoms with Crippen molar-refractivity contribution in [3.8, 4) is 0 Å². The Bertz CT molecular complexity index is 709. The second-order valence-electron chi connectivity index (χ2n) is 5.34. The maximum Gasteiger partial charge on any atom is 0.338 e. The molecule has 0 unspecified atom stereocenters. The second-order valence-corrected chi connectivity index (χ2v) is 6.51. The van der Waals surface area contributed by atoms with Crippen LogP contribution in [0.25, 0.3) is 6.08 Å². The topological polar surface area (TPSA) is 79.5 Å². The number of nitrogens with two attached hydrogens (primary N) is 1. The maximum absolute atomic E-state index is 10.9. The van der Waals surface area contributed by atoms with Crippen molar-refractivity contribution in [2.45, 2.75) is 19.3 Å². The molecule has 6 heteroatoms. The molecule has 2 aromatic rings. The molecule has 1 aliphatic rings. The first kappa shape index (κ1) is 14.7. The van der Waals surface area contributed by atoms with Crippen LogP contribution in [0.2, 0.25) is 0 Å². The van der Waals surface area contributed by atoms with Crippen LogP contribution in [0.3, 0.4) is 0 Å². The van der Waals surface area contributed by atoms with Crippen molar-refractivity contribution in [2.24, 2.45) is 5.73 Å². The molecule has 0 aromatic carbocycles. The van der Waals surface area contributed by atoms with Gasteiger partial charge in [0.15, 0.2) is 0 Å². The highest BCUT2D eigenvalue weighted by Crippen LogP contribution is 2.32. The van der Waals surface area contributed by atoms with Crippen LogP contribution in [0.15, 0.2) is 36.2 Å². The number of carbonyl (C=O) groups is 1. The Hall–Kier alpha value is -2.18. The fourth-order valence-corrected chi connectivity index (χ4v) is 3.80. The van der Waals surface area contributed by atoms with E-state index in [4.69, 9.17) is 5.73 Å². The number of hydroxylamine groups is 2. The Morgan fingerprint density at radius 1 is 1.45 bits per heavy atom. The Kier molecular flexibility index (Phi) is 4.22. The first-order valence-electron chi connectivity index (χ1n) is 7.07. The zero-order valence-corrected chi connectivity index (χ0v) is 12.8. The van der Waals surface area contributed by atoms with E-state index in [0.717, 1.165) is 24.8 Å². The van der Waals surface area contributed by atoms with E-state index in [1.807, 2.05) is 12.3 Å². The Balaban J connectivity index is 1.75. The van der Waals surface area contributed by atoms with Gasteiger partial charge >= 0.3 is 6.03 Å². The minimum absolute atomic E-state index is 0.171. The van der Waals surface area contributed by atoms with Gasteiger partial charge in [-0.15, -0.1) is 11.3 Å². The summed E-state index contributed by atoms with van der Waals surface area (Å²) in [5.41, 5.74) is 8.59. The average Bonchev–Trinajstić information content (AvgIpc) is 2.89. The van der Waals surface area contributed by atoms with Gasteiger partial charge in [0.05, 0.1) is 6.54 Å². The lowest BCUT2D eigenvalue weighted by atomic mass is 9.97. The van der Waals surface area contributed by atoms with Gasteiger partial charge in [0, 0.05) is 28.6 Å².